The Labute approximate surface area is 125 Å². The van der Waals surface area contributed by atoms with Crippen LogP contribution < -0.4 is 10.0 Å². The molecule has 0 spiro atoms. The zero-order chi connectivity index (χ0) is 15.7. The first kappa shape index (κ1) is 17.4. The number of nitrogens with one attached hydrogen (secondary N) is 2. The van der Waals surface area contributed by atoms with Gasteiger partial charge in [-0.15, -0.1) is 0 Å². The van der Waals surface area contributed by atoms with Gasteiger partial charge >= 0.3 is 0 Å². The summed E-state index contributed by atoms with van der Waals surface area (Å²) in [6.45, 7) is 6.33. The van der Waals surface area contributed by atoms with Crippen molar-refractivity contribution in [2.75, 3.05) is 26.3 Å². The maximum atomic E-state index is 11.9. The van der Waals surface area contributed by atoms with Crippen molar-refractivity contribution in [1.29, 1.82) is 0 Å². The van der Waals surface area contributed by atoms with Gasteiger partial charge in [0.2, 0.25) is 15.9 Å². The highest BCUT2D eigenvalue weighted by atomic mass is 32.2. The van der Waals surface area contributed by atoms with Crippen LogP contribution >= 0.6 is 0 Å². The van der Waals surface area contributed by atoms with Gasteiger partial charge in [-0.25, -0.2) is 13.1 Å². The molecule has 1 amide bonds. The number of ether oxygens (including phenoxy) is 1. The molecule has 1 rings (SSSR count). The van der Waals surface area contributed by atoms with Gasteiger partial charge < -0.3 is 10.1 Å². The van der Waals surface area contributed by atoms with E-state index < -0.39 is 15.9 Å². The molecule has 0 aromatic heterocycles. The first-order valence-corrected chi connectivity index (χ1v) is 7.93. The number of hydrogen-bond acceptors (Lipinski definition) is 4. The lowest BCUT2D eigenvalue weighted by molar-refractivity contribution is -0.120. The Morgan fingerprint density at radius 2 is 1.95 bits per heavy atom. The summed E-state index contributed by atoms with van der Waals surface area (Å²) in [6, 6.07) is 7.88. The van der Waals surface area contributed by atoms with Gasteiger partial charge in [-0.3, -0.25) is 4.79 Å². The van der Waals surface area contributed by atoms with Gasteiger partial charge in [0.25, 0.3) is 0 Å². The zero-order valence-electron chi connectivity index (χ0n) is 12.0. The van der Waals surface area contributed by atoms with Crippen LogP contribution in [0.3, 0.4) is 0 Å². The van der Waals surface area contributed by atoms with E-state index in [9.17, 15) is 13.2 Å². The van der Waals surface area contributed by atoms with Crippen LogP contribution in [0.5, 0.6) is 0 Å². The predicted molar refractivity (Wildman–Crippen MR) is 80.3 cm³/mol. The Kier molecular flexibility index (Phi) is 7.07. The van der Waals surface area contributed by atoms with Gasteiger partial charge in [-0.1, -0.05) is 30.4 Å². The number of hydrogen-bond donors (Lipinski definition) is 2. The van der Waals surface area contributed by atoms with Crippen molar-refractivity contribution >= 4 is 15.9 Å². The molecule has 6 nitrogen and oxygen atoms in total. The molecule has 0 atom stereocenters. The lowest BCUT2D eigenvalue weighted by atomic mass is 10.4. The molecular formula is C14H20N2O4S. The molecule has 0 saturated carbocycles. The highest BCUT2D eigenvalue weighted by Crippen LogP contribution is 2.06. The SMILES string of the molecule is C=C(C)COCCNC(=O)CNS(=O)(=O)c1ccccc1. The molecule has 0 unspecified atom stereocenters. The number of rotatable bonds is 9. The number of amides is 1. The van der Waals surface area contributed by atoms with Gasteiger partial charge in [0.15, 0.2) is 0 Å². The molecule has 1 aromatic carbocycles. The molecule has 0 fully saturated rings. The van der Waals surface area contributed by atoms with E-state index in [2.05, 4.69) is 16.6 Å². The van der Waals surface area contributed by atoms with Crippen LogP contribution in [0.25, 0.3) is 0 Å². The van der Waals surface area contributed by atoms with Crippen molar-refractivity contribution in [2.45, 2.75) is 11.8 Å². The van der Waals surface area contributed by atoms with E-state index in [1.54, 1.807) is 18.2 Å². The summed E-state index contributed by atoms with van der Waals surface area (Å²) in [5.41, 5.74) is 0.900. The first-order chi connectivity index (χ1) is 9.92. The van der Waals surface area contributed by atoms with Gasteiger partial charge in [-0.2, -0.15) is 0 Å². The van der Waals surface area contributed by atoms with Gasteiger partial charge in [0, 0.05) is 6.54 Å². The van der Waals surface area contributed by atoms with E-state index in [1.165, 1.54) is 12.1 Å². The molecule has 0 heterocycles. The Morgan fingerprint density at radius 3 is 2.57 bits per heavy atom. The number of carbonyl (C=O) groups is 1. The molecule has 21 heavy (non-hydrogen) atoms. The summed E-state index contributed by atoms with van der Waals surface area (Å²) in [5.74, 6) is -0.409. The number of carbonyl (C=O) groups excluding carboxylic acids is 1. The van der Waals surface area contributed by atoms with E-state index in [1.807, 2.05) is 6.92 Å². The third kappa shape index (κ3) is 7.03. The summed E-state index contributed by atoms with van der Waals surface area (Å²) >= 11 is 0. The average Bonchev–Trinajstić information content (AvgIpc) is 2.45. The van der Waals surface area contributed by atoms with Crippen LogP contribution in [-0.2, 0) is 19.6 Å². The highest BCUT2D eigenvalue weighted by molar-refractivity contribution is 7.89. The fraction of sp³-hybridized carbons (Fsp3) is 0.357. The van der Waals surface area contributed by atoms with Crippen molar-refractivity contribution in [3.8, 4) is 0 Å². The molecule has 0 aliphatic heterocycles. The topological polar surface area (TPSA) is 84.5 Å². The van der Waals surface area contributed by atoms with Crippen molar-refractivity contribution in [1.82, 2.24) is 10.0 Å². The average molecular weight is 312 g/mol. The Morgan fingerprint density at radius 1 is 1.29 bits per heavy atom. The Balaban J connectivity index is 2.28. The molecule has 0 radical (unpaired) electrons. The predicted octanol–water partition coefficient (Wildman–Crippen LogP) is 0.674. The third-order valence-corrected chi connectivity index (χ3v) is 3.81. The van der Waals surface area contributed by atoms with Gasteiger partial charge in [0.1, 0.15) is 0 Å². The normalized spacial score (nSPS) is 11.1. The summed E-state index contributed by atoms with van der Waals surface area (Å²) in [4.78, 5) is 11.6. The molecule has 0 bridgehead atoms. The zero-order valence-corrected chi connectivity index (χ0v) is 12.8. The molecule has 7 heteroatoms. The second-order valence-corrected chi connectivity index (χ2v) is 6.26. The summed E-state index contributed by atoms with van der Waals surface area (Å²) in [6.07, 6.45) is 0. The van der Waals surface area contributed by atoms with E-state index in [0.29, 0.717) is 19.8 Å². The van der Waals surface area contributed by atoms with Crippen molar-refractivity contribution in [2.24, 2.45) is 0 Å². The van der Waals surface area contributed by atoms with Crippen molar-refractivity contribution in [3.63, 3.8) is 0 Å². The Hall–Kier alpha value is -1.70. The molecule has 116 valence electrons. The standard InChI is InChI=1S/C14H20N2O4S/c1-12(2)11-20-9-8-15-14(17)10-16-21(18,19)13-6-4-3-5-7-13/h3-7,16H,1,8-11H2,2H3,(H,15,17). The minimum Gasteiger partial charge on any atom is -0.375 e. The van der Waals surface area contributed by atoms with E-state index in [0.717, 1.165) is 5.57 Å². The van der Waals surface area contributed by atoms with E-state index in [4.69, 9.17) is 4.74 Å². The number of benzene rings is 1. The first-order valence-electron chi connectivity index (χ1n) is 6.45. The molecule has 1 aromatic rings. The lowest BCUT2D eigenvalue weighted by Gasteiger charge is -2.08. The molecule has 0 aliphatic carbocycles. The summed E-state index contributed by atoms with van der Waals surface area (Å²) in [5, 5.41) is 2.56. The molecule has 0 aliphatic rings. The maximum Gasteiger partial charge on any atom is 0.241 e. The largest absolute Gasteiger partial charge is 0.375 e. The smallest absolute Gasteiger partial charge is 0.241 e. The Bertz CT molecular complexity index is 570. The minimum atomic E-state index is -3.66. The van der Waals surface area contributed by atoms with E-state index >= 15 is 0 Å². The van der Waals surface area contributed by atoms with Crippen LogP contribution in [0, 0.1) is 0 Å². The molecule has 0 saturated heterocycles. The lowest BCUT2D eigenvalue weighted by Crippen LogP contribution is -2.38. The molecular weight excluding hydrogens is 292 g/mol. The monoisotopic (exact) mass is 312 g/mol. The van der Waals surface area contributed by atoms with Crippen LogP contribution in [0.4, 0.5) is 0 Å². The van der Waals surface area contributed by atoms with Crippen molar-refractivity contribution < 1.29 is 17.9 Å². The van der Waals surface area contributed by atoms with Crippen LogP contribution in [-0.4, -0.2) is 40.6 Å². The third-order valence-electron chi connectivity index (χ3n) is 2.39. The van der Waals surface area contributed by atoms with E-state index in [-0.39, 0.29) is 11.4 Å². The highest BCUT2D eigenvalue weighted by Gasteiger charge is 2.14. The van der Waals surface area contributed by atoms with Crippen molar-refractivity contribution in [3.05, 3.63) is 42.5 Å². The number of sulfonamides is 1. The van der Waals surface area contributed by atoms with Crippen LogP contribution in [0.15, 0.2) is 47.4 Å². The fourth-order valence-electron chi connectivity index (χ4n) is 1.42. The minimum absolute atomic E-state index is 0.127. The second-order valence-electron chi connectivity index (χ2n) is 4.50. The van der Waals surface area contributed by atoms with Crippen LogP contribution in [0.1, 0.15) is 6.92 Å². The van der Waals surface area contributed by atoms with Gasteiger partial charge in [0.05, 0.1) is 24.7 Å². The quantitative estimate of drug-likeness (QED) is 0.518. The van der Waals surface area contributed by atoms with Crippen LogP contribution in [0.2, 0.25) is 0 Å². The second kappa shape index (κ2) is 8.56. The molecule has 2 N–H and O–H groups in total. The summed E-state index contributed by atoms with van der Waals surface area (Å²) < 4.78 is 31.2. The fourth-order valence-corrected chi connectivity index (χ4v) is 2.42. The van der Waals surface area contributed by atoms with Gasteiger partial charge in [-0.05, 0) is 19.1 Å². The maximum absolute atomic E-state index is 11.9. The summed E-state index contributed by atoms with van der Waals surface area (Å²) in [7, 11) is -3.66.